The maximum Gasteiger partial charge on any atom is 0.427 e. The van der Waals surface area contributed by atoms with Gasteiger partial charge in [-0.1, -0.05) is 30.3 Å². The van der Waals surface area contributed by atoms with Gasteiger partial charge in [-0.15, -0.1) is 0 Å². The van der Waals surface area contributed by atoms with Gasteiger partial charge in [-0.05, 0) is 11.6 Å². The van der Waals surface area contributed by atoms with Crippen molar-refractivity contribution in [2.75, 3.05) is 12.4 Å². The monoisotopic (exact) mass is 384 g/mol. The molecule has 28 heavy (non-hydrogen) atoms. The van der Waals surface area contributed by atoms with E-state index in [0.29, 0.717) is 5.56 Å². The minimum atomic E-state index is -2.10. The number of nitrogens with one attached hydrogen (secondary N) is 2. The van der Waals surface area contributed by atoms with Crippen LogP contribution in [0.4, 0.5) is 16.2 Å². The summed E-state index contributed by atoms with van der Waals surface area (Å²) in [6.07, 6.45) is -1.16. The Morgan fingerprint density at radius 3 is 2.68 bits per heavy atom. The van der Waals surface area contributed by atoms with E-state index in [0.717, 1.165) is 6.07 Å². The molecule has 1 atom stereocenters. The molecule has 0 unspecified atom stereocenters. The molecule has 0 aliphatic carbocycles. The normalized spacial score (nSPS) is 18.2. The number of carbonyl (C=O) groups excluding carboxylic acids is 2. The van der Waals surface area contributed by atoms with Crippen LogP contribution in [-0.2, 0) is 15.1 Å². The number of hydrogen-bond donors (Lipinski definition) is 3. The molecule has 0 aromatic heterocycles. The first kappa shape index (κ1) is 19.0. The van der Waals surface area contributed by atoms with Crippen LogP contribution in [0.15, 0.2) is 53.6 Å². The Bertz CT molecular complexity index is 975. The first-order valence-electron chi connectivity index (χ1n) is 8.14. The van der Waals surface area contributed by atoms with Gasteiger partial charge >= 0.3 is 6.09 Å². The van der Waals surface area contributed by atoms with E-state index < -0.39 is 22.5 Å². The van der Waals surface area contributed by atoms with Gasteiger partial charge in [0.25, 0.3) is 11.6 Å². The predicted molar refractivity (Wildman–Crippen MR) is 98.8 cm³/mol. The van der Waals surface area contributed by atoms with Crippen LogP contribution in [0.1, 0.15) is 17.5 Å². The Balaban J connectivity index is 2.03. The second-order valence-corrected chi connectivity index (χ2v) is 6.01. The lowest BCUT2D eigenvalue weighted by Crippen LogP contribution is -2.37. The number of benzene rings is 2. The van der Waals surface area contributed by atoms with Crippen molar-refractivity contribution in [2.24, 2.45) is 5.10 Å². The highest BCUT2D eigenvalue weighted by molar-refractivity contribution is 6.11. The highest BCUT2D eigenvalue weighted by Crippen LogP contribution is 2.41. The number of rotatable bonds is 5. The lowest BCUT2D eigenvalue weighted by Gasteiger charge is -2.22. The molecule has 0 radical (unpaired) electrons. The quantitative estimate of drug-likeness (QED) is 0.408. The zero-order chi connectivity index (χ0) is 20.3. The van der Waals surface area contributed by atoms with Crippen molar-refractivity contribution in [1.29, 1.82) is 0 Å². The highest BCUT2D eigenvalue weighted by Gasteiger charge is 2.47. The minimum absolute atomic E-state index is 0.0633. The maximum atomic E-state index is 12.5. The Morgan fingerprint density at radius 1 is 1.32 bits per heavy atom. The predicted octanol–water partition coefficient (Wildman–Crippen LogP) is 1.88. The van der Waals surface area contributed by atoms with Crippen LogP contribution in [0, 0.1) is 10.1 Å². The number of nitro benzene ring substituents is 1. The van der Waals surface area contributed by atoms with E-state index in [9.17, 15) is 24.8 Å². The molecule has 3 N–H and O–H groups in total. The molecule has 10 heteroatoms. The van der Waals surface area contributed by atoms with Crippen LogP contribution in [0.3, 0.4) is 0 Å². The SMILES string of the molecule is COC(=O)N/N=C(\C[C@]1(O)C(=O)Nc2ccc([N+](=O)[O-])cc21)c1ccccc1. The summed E-state index contributed by atoms with van der Waals surface area (Å²) in [7, 11) is 1.17. The molecule has 0 spiro atoms. The van der Waals surface area contributed by atoms with Gasteiger partial charge in [-0.3, -0.25) is 14.9 Å². The number of fused-ring (bicyclic) bond motifs is 1. The van der Waals surface area contributed by atoms with Gasteiger partial charge in [0, 0.05) is 29.8 Å². The highest BCUT2D eigenvalue weighted by atomic mass is 16.6. The summed E-state index contributed by atoms with van der Waals surface area (Å²) in [6.45, 7) is 0. The molecular formula is C18H16N4O6. The molecule has 0 saturated heterocycles. The molecule has 2 aromatic carbocycles. The molecule has 1 aliphatic heterocycles. The molecule has 3 rings (SSSR count). The summed E-state index contributed by atoms with van der Waals surface area (Å²) < 4.78 is 4.48. The topological polar surface area (TPSA) is 143 Å². The van der Waals surface area contributed by atoms with E-state index in [-0.39, 0.29) is 29.1 Å². The van der Waals surface area contributed by atoms with Crippen LogP contribution >= 0.6 is 0 Å². The first-order chi connectivity index (χ1) is 13.3. The third-order valence-electron chi connectivity index (χ3n) is 4.28. The molecule has 1 heterocycles. The van der Waals surface area contributed by atoms with Crippen LogP contribution in [0.2, 0.25) is 0 Å². The maximum absolute atomic E-state index is 12.5. The van der Waals surface area contributed by atoms with E-state index >= 15 is 0 Å². The van der Waals surface area contributed by atoms with E-state index in [1.807, 2.05) is 0 Å². The summed E-state index contributed by atoms with van der Waals surface area (Å²) in [5.41, 5.74) is 0.856. The number of hydrazone groups is 1. The fraction of sp³-hybridized carbons (Fsp3) is 0.167. The summed E-state index contributed by atoms with van der Waals surface area (Å²) in [5.74, 6) is -0.746. The molecule has 1 aliphatic rings. The van der Waals surface area contributed by atoms with Gasteiger partial charge in [-0.2, -0.15) is 5.10 Å². The van der Waals surface area contributed by atoms with Gasteiger partial charge in [0.05, 0.1) is 17.7 Å². The van der Waals surface area contributed by atoms with Gasteiger partial charge in [-0.25, -0.2) is 10.2 Å². The molecule has 10 nitrogen and oxygen atoms in total. The average molecular weight is 384 g/mol. The second-order valence-electron chi connectivity index (χ2n) is 6.01. The fourth-order valence-corrected chi connectivity index (χ4v) is 2.86. The number of methoxy groups -OCH3 is 1. The van der Waals surface area contributed by atoms with Crippen molar-refractivity contribution >= 4 is 29.1 Å². The number of hydrogen-bond acceptors (Lipinski definition) is 7. The molecule has 2 amide bonds. The molecule has 0 bridgehead atoms. The van der Waals surface area contributed by atoms with Crippen LogP contribution < -0.4 is 10.7 Å². The van der Waals surface area contributed by atoms with Gasteiger partial charge in [0.2, 0.25) is 0 Å². The van der Waals surface area contributed by atoms with Crippen molar-refractivity contribution in [3.63, 3.8) is 0 Å². The lowest BCUT2D eigenvalue weighted by molar-refractivity contribution is -0.385. The number of nitro groups is 1. The largest absolute Gasteiger partial charge is 0.452 e. The van der Waals surface area contributed by atoms with Crippen molar-refractivity contribution in [3.8, 4) is 0 Å². The molecular weight excluding hydrogens is 368 g/mol. The van der Waals surface area contributed by atoms with E-state index in [4.69, 9.17) is 0 Å². The molecule has 144 valence electrons. The average Bonchev–Trinajstić information content (AvgIpc) is 2.95. The molecule has 0 saturated carbocycles. The third-order valence-corrected chi connectivity index (χ3v) is 4.28. The zero-order valence-corrected chi connectivity index (χ0v) is 14.7. The number of non-ortho nitro benzene ring substituents is 1. The van der Waals surface area contributed by atoms with Crippen molar-refractivity contribution in [3.05, 3.63) is 69.8 Å². The standard InChI is InChI=1S/C18H16N4O6/c1-28-17(24)21-20-15(11-5-3-2-4-6-11)10-18(25)13-9-12(22(26)27)7-8-14(13)19-16(18)23/h2-9,25H,10H2,1H3,(H,19,23)(H,21,24)/b20-15+/t18-/m1/s1. The Labute approximate surface area is 159 Å². The van der Waals surface area contributed by atoms with E-state index in [1.165, 1.54) is 19.2 Å². The molecule has 2 aromatic rings. The second kappa shape index (κ2) is 7.45. The Kier molecular flexibility index (Phi) is 5.05. The number of aliphatic hydroxyl groups is 1. The summed E-state index contributed by atoms with van der Waals surface area (Å²) in [4.78, 5) is 34.4. The summed E-state index contributed by atoms with van der Waals surface area (Å²) in [6, 6.07) is 12.3. The minimum Gasteiger partial charge on any atom is -0.452 e. The number of amides is 2. The number of nitrogens with zero attached hydrogens (tertiary/aromatic N) is 2. The van der Waals surface area contributed by atoms with E-state index in [2.05, 4.69) is 20.6 Å². The van der Waals surface area contributed by atoms with Crippen LogP contribution in [0.25, 0.3) is 0 Å². The third kappa shape index (κ3) is 3.53. The first-order valence-corrected chi connectivity index (χ1v) is 8.14. The Morgan fingerprint density at radius 2 is 2.04 bits per heavy atom. The van der Waals surface area contributed by atoms with E-state index in [1.54, 1.807) is 30.3 Å². The number of carbonyl (C=O) groups is 2. The van der Waals surface area contributed by atoms with Gasteiger partial charge in [0.15, 0.2) is 5.60 Å². The van der Waals surface area contributed by atoms with Crippen molar-refractivity contribution in [1.82, 2.24) is 5.43 Å². The summed E-state index contributed by atoms with van der Waals surface area (Å²) in [5, 5.41) is 28.7. The van der Waals surface area contributed by atoms with Crippen LogP contribution in [0.5, 0.6) is 0 Å². The molecule has 0 fully saturated rings. The Hall–Kier alpha value is -3.79. The number of anilines is 1. The van der Waals surface area contributed by atoms with Crippen molar-refractivity contribution < 1.29 is 24.4 Å². The van der Waals surface area contributed by atoms with Gasteiger partial charge in [0.1, 0.15) is 0 Å². The zero-order valence-electron chi connectivity index (χ0n) is 14.7. The summed E-state index contributed by atoms with van der Waals surface area (Å²) >= 11 is 0. The van der Waals surface area contributed by atoms with Gasteiger partial charge < -0.3 is 15.2 Å². The number of ether oxygens (including phenoxy) is 1. The smallest absolute Gasteiger partial charge is 0.427 e. The fourth-order valence-electron chi connectivity index (χ4n) is 2.86. The van der Waals surface area contributed by atoms with Crippen LogP contribution in [-0.4, -0.2) is 34.9 Å². The lowest BCUT2D eigenvalue weighted by atomic mass is 9.87. The van der Waals surface area contributed by atoms with Crippen molar-refractivity contribution in [2.45, 2.75) is 12.0 Å².